The van der Waals surface area contributed by atoms with Crippen LogP contribution in [0, 0.1) is 0 Å². The number of benzene rings is 2. The summed E-state index contributed by atoms with van der Waals surface area (Å²) in [5, 5.41) is 4.14. The van der Waals surface area contributed by atoms with Gasteiger partial charge in [0.1, 0.15) is 0 Å². The summed E-state index contributed by atoms with van der Waals surface area (Å²) in [5.41, 5.74) is 4.04. The topological polar surface area (TPSA) is 59.2 Å². The van der Waals surface area contributed by atoms with Gasteiger partial charge in [0.15, 0.2) is 0 Å². The molecule has 2 heterocycles. The summed E-state index contributed by atoms with van der Waals surface area (Å²) in [5.74, 6) is 1.58. The van der Waals surface area contributed by atoms with Crippen molar-refractivity contribution < 1.29 is 8.73 Å². The molecule has 140 valence electrons. The second-order valence-electron chi connectivity index (χ2n) is 6.94. The third kappa shape index (κ3) is 4.27. The van der Waals surface area contributed by atoms with E-state index in [0.717, 1.165) is 29.8 Å². The molecule has 1 aliphatic rings. The van der Waals surface area contributed by atoms with Crippen molar-refractivity contribution in [2.75, 3.05) is 24.2 Å². The van der Waals surface area contributed by atoms with Crippen LogP contribution in [0.2, 0.25) is 0 Å². The Morgan fingerprint density at radius 1 is 1.04 bits per heavy atom. The van der Waals surface area contributed by atoms with Gasteiger partial charge < -0.3 is 9.42 Å². The van der Waals surface area contributed by atoms with Crippen molar-refractivity contribution in [1.29, 1.82) is 0 Å². The van der Waals surface area contributed by atoms with Gasteiger partial charge in [0.25, 0.3) is 5.89 Å². The third-order valence-electron chi connectivity index (χ3n) is 4.82. The van der Waals surface area contributed by atoms with E-state index < -0.39 is 10.8 Å². The number of piperidine rings is 1. The Hall–Kier alpha value is -2.47. The molecular weight excluding hydrogens is 358 g/mol. The lowest BCUT2D eigenvalue weighted by atomic mass is 10.1. The molecule has 2 aromatic carbocycles. The van der Waals surface area contributed by atoms with Gasteiger partial charge >= 0.3 is 0 Å². The highest BCUT2D eigenvalue weighted by molar-refractivity contribution is 7.83. The third-order valence-corrected chi connectivity index (χ3v) is 5.56. The minimum Gasteiger partial charge on any atom is -0.372 e. The van der Waals surface area contributed by atoms with Gasteiger partial charge in [-0.1, -0.05) is 17.3 Å². The second kappa shape index (κ2) is 8.05. The highest BCUT2D eigenvalue weighted by Gasteiger charge is 2.14. The maximum Gasteiger partial charge on any atom is 0.258 e. The summed E-state index contributed by atoms with van der Waals surface area (Å²) in [6.45, 7) is 2.26. The molecule has 1 aromatic heterocycles. The van der Waals surface area contributed by atoms with Crippen LogP contribution in [0.1, 0.15) is 24.8 Å². The normalized spacial score (nSPS) is 15.7. The molecule has 1 fully saturated rings. The molecule has 1 saturated heterocycles. The van der Waals surface area contributed by atoms with E-state index in [2.05, 4.69) is 39.3 Å². The van der Waals surface area contributed by atoms with E-state index in [-0.39, 0.29) is 0 Å². The predicted octanol–water partition coefficient (Wildman–Crippen LogP) is 4.27. The van der Waals surface area contributed by atoms with Crippen molar-refractivity contribution in [3.8, 4) is 22.8 Å². The van der Waals surface area contributed by atoms with Gasteiger partial charge in [-0.2, -0.15) is 4.98 Å². The van der Waals surface area contributed by atoms with Crippen molar-refractivity contribution in [3.63, 3.8) is 0 Å². The Morgan fingerprint density at radius 3 is 2.56 bits per heavy atom. The fraction of sp³-hybridized carbons (Fsp3) is 0.333. The van der Waals surface area contributed by atoms with E-state index in [4.69, 9.17) is 4.52 Å². The summed E-state index contributed by atoms with van der Waals surface area (Å²) < 4.78 is 16.9. The fourth-order valence-corrected chi connectivity index (χ4v) is 4.11. The Balaban J connectivity index is 1.53. The van der Waals surface area contributed by atoms with E-state index >= 15 is 0 Å². The average Bonchev–Trinajstić information content (AvgIpc) is 3.19. The minimum absolute atomic E-state index is 0.480. The number of hydrogen-bond donors (Lipinski definition) is 0. The summed E-state index contributed by atoms with van der Waals surface area (Å²) in [6.07, 6.45) is 5.56. The SMILES string of the molecule is CS(=O)Cc1cccc(-c2nc(-c3ccc(N4CCCCC4)cc3)no2)c1. The van der Waals surface area contributed by atoms with Crippen LogP contribution < -0.4 is 4.90 Å². The summed E-state index contributed by atoms with van der Waals surface area (Å²) in [4.78, 5) is 6.97. The van der Waals surface area contributed by atoms with E-state index in [0.29, 0.717) is 17.5 Å². The quantitative estimate of drug-likeness (QED) is 0.660. The van der Waals surface area contributed by atoms with Crippen LogP contribution in [0.15, 0.2) is 53.1 Å². The number of rotatable bonds is 5. The first-order valence-electron chi connectivity index (χ1n) is 9.27. The molecule has 1 aliphatic heterocycles. The molecule has 0 spiro atoms. The molecule has 0 aliphatic carbocycles. The molecule has 1 atom stereocenters. The summed E-state index contributed by atoms with van der Waals surface area (Å²) >= 11 is 0. The van der Waals surface area contributed by atoms with Gasteiger partial charge in [0.2, 0.25) is 5.82 Å². The second-order valence-corrected chi connectivity index (χ2v) is 8.37. The van der Waals surface area contributed by atoms with Crippen molar-refractivity contribution >= 4 is 16.5 Å². The standard InChI is InChI=1S/C21H23N3O2S/c1-27(25)15-16-6-5-7-18(14-16)21-22-20(23-26-21)17-8-10-19(11-9-17)24-12-3-2-4-13-24/h5-11,14H,2-4,12-13,15H2,1H3. The highest BCUT2D eigenvalue weighted by Crippen LogP contribution is 2.26. The van der Waals surface area contributed by atoms with Gasteiger partial charge in [-0.05, 0) is 61.2 Å². The highest BCUT2D eigenvalue weighted by atomic mass is 32.2. The summed E-state index contributed by atoms with van der Waals surface area (Å²) in [7, 11) is -0.881. The molecule has 27 heavy (non-hydrogen) atoms. The monoisotopic (exact) mass is 381 g/mol. The molecular formula is C21H23N3O2S. The Labute approximate surface area is 161 Å². The van der Waals surface area contributed by atoms with Crippen molar-refractivity contribution in [1.82, 2.24) is 10.1 Å². The zero-order chi connectivity index (χ0) is 18.6. The average molecular weight is 382 g/mol. The Bertz CT molecular complexity index is 931. The van der Waals surface area contributed by atoms with Crippen LogP contribution in [-0.2, 0) is 16.6 Å². The first kappa shape index (κ1) is 17.9. The predicted molar refractivity (Wildman–Crippen MR) is 109 cm³/mol. The van der Waals surface area contributed by atoms with Crippen LogP contribution in [-0.4, -0.2) is 33.7 Å². The van der Waals surface area contributed by atoms with Crippen molar-refractivity contribution in [2.24, 2.45) is 0 Å². The van der Waals surface area contributed by atoms with Gasteiger partial charge in [-0.15, -0.1) is 0 Å². The number of anilines is 1. The molecule has 5 nitrogen and oxygen atoms in total. The van der Waals surface area contributed by atoms with E-state index in [1.54, 1.807) is 6.26 Å². The molecule has 3 aromatic rings. The maximum absolute atomic E-state index is 11.4. The number of hydrogen-bond acceptors (Lipinski definition) is 5. The molecule has 0 radical (unpaired) electrons. The lowest BCUT2D eigenvalue weighted by molar-refractivity contribution is 0.432. The van der Waals surface area contributed by atoms with E-state index in [1.165, 1.54) is 24.9 Å². The van der Waals surface area contributed by atoms with Crippen molar-refractivity contribution in [3.05, 3.63) is 54.1 Å². The first-order valence-corrected chi connectivity index (χ1v) is 11.0. The number of nitrogens with zero attached hydrogens (tertiary/aromatic N) is 3. The maximum atomic E-state index is 11.4. The summed E-state index contributed by atoms with van der Waals surface area (Å²) in [6, 6.07) is 16.1. The lowest BCUT2D eigenvalue weighted by Gasteiger charge is -2.28. The van der Waals surface area contributed by atoms with Crippen LogP contribution >= 0.6 is 0 Å². The van der Waals surface area contributed by atoms with Gasteiger partial charge in [-0.3, -0.25) is 4.21 Å². The molecule has 0 bridgehead atoms. The first-order chi connectivity index (χ1) is 13.2. The zero-order valence-corrected chi connectivity index (χ0v) is 16.2. The van der Waals surface area contributed by atoms with Crippen LogP contribution in [0.25, 0.3) is 22.8 Å². The lowest BCUT2D eigenvalue weighted by Crippen LogP contribution is -2.29. The largest absolute Gasteiger partial charge is 0.372 e. The zero-order valence-electron chi connectivity index (χ0n) is 15.4. The van der Waals surface area contributed by atoms with Gasteiger partial charge in [0.05, 0.1) is 0 Å². The molecule has 0 amide bonds. The van der Waals surface area contributed by atoms with Gasteiger partial charge in [0, 0.05) is 52.7 Å². The molecule has 0 saturated carbocycles. The van der Waals surface area contributed by atoms with Crippen LogP contribution in [0.5, 0.6) is 0 Å². The Morgan fingerprint density at radius 2 is 1.81 bits per heavy atom. The minimum atomic E-state index is -0.881. The van der Waals surface area contributed by atoms with Crippen molar-refractivity contribution in [2.45, 2.75) is 25.0 Å². The smallest absolute Gasteiger partial charge is 0.258 e. The van der Waals surface area contributed by atoms with E-state index in [1.807, 2.05) is 24.3 Å². The fourth-order valence-electron chi connectivity index (χ4n) is 3.46. The van der Waals surface area contributed by atoms with Crippen LogP contribution in [0.4, 0.5) is 5.69 Å². The Kier molecular flexibility index (Phi) is 5.34. The van der Waals surface area contributed by atoms with Gasteiger partial charge in [-0.25, -0.2) is 0 Å². The number of aromatic nitrogens is 2. The van der Waals surface area contributed by atoms with Crippen LogP contribution in [0.3, 0.4) is 0 Å². The van der Waals surface area contributed by atoms with E-state index in [9.17, 15) is 4.21 Å². The molecule has 1 unspecified atom stereocenters. The molecule has 4 rings (SSSR count). The molecule has 6 heteroatoms. The molecule has 0 N–H and O–H groups in total.